The van der Waals surface area contributed by atoms with Crippen LogP contribution in [0.4, 0.5) is 11.4 Å². The third-order valence-electron chi connectivity index (χ3n) is 4.05. The maximum absolute atomic E-state index is 12.8. The minimum Gasteiger partial charge on any atom is -0.310 e. The van der Waals surface area contributed by atoms with Gasteiger partial charge in [0.05, 0.1) is 22.0 Å². The Balaban J connectivity index is 1.94. The molecule has 2 aromatic carbocycles. The first-order chi connectivity index (χ1) is 11.8. The molecule has 0 bridgehead atoms. The number of rotatable bonds is 4. The topological polar surface area (TPSA) is 57.7 Å². The molecule has 25 heavy (non-hydrogen) atoms. The SMILES string of the molecule is CS(=O)(=O)N(CC(=O)N1CCc2ccccc21)c1c(Cl)cccc1Cl. The van der Waals surface area contributed by atoms with Crippen LogP contribution in [-0.2, 0) is 21.2 Å². The molecule has 0 unspecified atom stereocenters. The van der Waals surface area contributed by atoms with Gasteiger partial charge in [0.2, 0.25) is 15.9 Å². The first-order valence-electron chi connectivity index (χ1n) is 7.59. The second-order valence-electron chi connectivity index (χ2n) is 5.76. The number of carbonyl (C=O) groups excluding carboxylic acids is 1. The van der Waals surface area contributed by atoms with Crippen molar-refractivity contribution in [2.75, 3.05) is 28.6 Å². The highest BCUT2D eigenvalue weighted by Crippen LogP contribution is 2.35. The average molecular weight is 399 g/mol. The number of hydrogen-bond acceptors (Lipinski definition) is 3. The Morgan fingerprint density at radius 3 is 2.40 bits per heavy atom. The zero-order valence-corrected chi connectivity index (χ0v) is 15.8. The normalized spacial score (nSPS) is 13.6. The molecule has 5 nitrogen and oxygen atoms in total. The fraction of sp³-hybridized carbons (Fsp3) is 0.235. The number of amides is 1. The lowest BCUT2D eigenvalue weighted by atomic mass is 10.2. The third kappa shape index (κ3) is 3.61. The van der Waals surface area contributed by atoms with Crippen molar-refractivity contribution in [3.63, 3.8) is 0 Å². The number of halogens is 2. The standard InChI is InChI=1S/C17H16Cl2N2O3S/c1-25(23,24)21(17-13(18)6-4-7-14(17)19)11-16(22)20-10-9-12-5-2-3-8-15(12)20/h2-8H,9-11H2,1H3. The van der Waals surface area contributed by atoms with Crippen molar-refractivity contribution >= 4 is 50.5 Å². The summed E-state index contributed by atoms with van der Waals surface area (Å²) in [6.45, 7) is 0.155. The molecule has 0 aromatic heterocycles. The van der Waals surface area contributed by atoms with E-state index in [0.29, 0.717) is 6.54 Å². The van der Waals surface area contributed by atoms with Crippen LogP contribution in [0.5, 0.6) is 0 Å². The molecule has 0 saturated heterocycles. The second-order valence-corrected chi connectivity index (χ2v) is 8.49. The predicted octanol–water partition coefficient (Wildman–Crippen LogP) is 3.35. The van der Waals surface area contributed by atoms with E-state index >= 15 is 0 Å². The summed E-state index contributed by atoms with van der Waals surface area (Å²) < 4.78 is 25.5. The monoisotopic (exact) mass is 398 g/mol. The van der Waals surface area contributed by atoms with Crippen molar-refractivity contribution in [1.29, 1.82) is 0 Å². The lowest BCUT2D eigenvalue weighted by molar-refractivity contribution is -0.117. The van der Waals surface area contributed by atoms with Crippen LogP contribution >= 0.6 is 23.2 Å². The van der Waals surface area contributed by atoms with Gasteiger partial charge < -0.3 is 4.90 Å². The molecule has 132 valence electrons. The summed E-state index contributed by atoms with van der Waals surface area (Å²) in [4.78, 5) is 14.4. The quantitative estimate of drug-likeness (QED) is 0.793. The minimum atomic E-state index is -3.75. The number of hydrogen-bond donors (Lipinski definition) is 0. The summed E-state index contributed by atoms with van der Waals surface area (Å²) >= 11 is 12.3. The summed E-state index contributed by atoms with van der Waals surface area (Å²) in [5, 5.41) is 0.347. The number of para-hydroxylation sites is 2. The van der Waals surface area contributed by atoms with Gasteiger partial charge in [0.15, 0.2) is 0 Å². The molecule has 0 spiro atoms. The van der Waals surface area contributed by atoms with Gasteiger partial charge in [-0.1, -0.05) is 47.5 Å². The van der Waals surface area contributed by atoms with E-state index in [1.807, 2.05) is 24.3 Å². The van der Waals surface area contributed by atoms with Crippen molar-refractivity contribution in [1.82, 2.24) is 0 Å². The van der Waals surface area contributed by atoms with E-state index in [4.69, 9.17) is 23.2 Å². The van der Waals surface area contributed by atoms with E-state index in [1.54, 1.807) is 11.0 Å². The van der Waals surface area contributed by atoms with Crippen molar-refractivity contribution < 1.29 is 13.2 Å². The number of benzene rings is 2. The van der Waals surface area contributed by atoms with E-state index in [9.17, 15) is 13.2 Å². The van der Waals surface area contributed by atoms with E-state index in [2.05, 4.69) is 0 Å². The summed E-state index contributed by atoms with van der Waals surface area (Å²) in [5.41, 5.74) is 2.00. The summed E-state index contributed by atoms with van der Waals surface area (Å²) in [5.74, 6) is -0.327. The first kappa shape index (κ1) is 18.0. The van der Waals surface area contributed by atoms with Gasteiger partial charge >= 0.3 is 0 Å². The Morgan fingerprint density at radius 1 is 1.12 bits per heavy atom. The van der Waals surface area contributed by atoms with E-state index < -0.39 is 10.0 Å². The Hall–Kier alpha value is -1.76. The molecule has 1 aliphatic heterocycles. The predicted molar refractivity (Wildman–Crippen MR) is 101 cm³/mol. The second kappa shape index (κ2) is 6.86. The van der Waals surface area contributed by atoms with Crippen LogP contribution in [0.1, 0.15) is 5.56 Å². The van der Waals surface area contributed by atoms with Crippen molar-refractivity contribution in [2.45, 2.75) is 6.42 Å². The first-order valence-corrected chi connectivity index (χ1v) is 10.2. The molecule has 1 heterocycles. The van der Waals surface area contributed by atoms with Crippen LogP contribution in [-0.4, -0.2) is 33.7 Å². The number of anilines is 2. The number of sulfonamides is 1. The van der Waals surface area contributed by atoms with E-state index in [1.165, 1.54) is 12.1 Å². The molecule has 3 rings (SSSR count). The molecule has 0 saturated carbocycles. The van der Waals surface area contributed by atoms with Gasteiger partial charge in [0, 0.05) is 12.2 Å². The van der Waals surface area contributed by atoms with Gasteiger partial charge in [-0.15, -0.1) is 0 Å². The molecule has 0 N–H and O–H groups in total. The lowest BCUT2D eigenvalue weighted by Crippen LogP contribution is -2.42. The number of carbonyl (C=O) groups is 1. The molecule has 0 aliphatic carbocycles. The molecule has 8 heteroatoms. The van der Waals surface area contributed by atoms with E-state index in [0.717, 1.165) is 28.2 Å². The summed E-state index contributed by atoms with van der Waals surface area (Å²) in [7, 11) is -3.75. The Bertz CT molecular complexity index is 911. The van der Waals surface area contributed by atoms with Gasteiger partial charge in [-0.25, -0.2) is 8.42 Å². The molecular formula is C17H16Cl2N2O3S. The number of nitrogens with zero attached hydrogens (tertiary/aromatic N) is 2. The highest BCUT2D eigenvalue weighted by Gasteiger charge is 2.30. The molecule has 0 atom stereocenters. The van der Waals surface area contributed by atoms with Gasteiger partial charge in [-0.05, 0) is 30.2 Å². The Morgan fingerprint density at radius 2 is 1.76 bits per heavy atom. The molecule has 0 radical (unpaired) electrons. The van der Waals surface area contributed by atoms with Crippen molar-refractivity contribution in [3.8, 4) is 0 Å². The van der Waals surface area contributed by atoms with Gasteiger partial charge in [0.25, 0.3) is 0 Å². The van der Waals surface area contributed by atoms with Crippen LogP contribution in [0.25, 0.3) is 0 Å². The third-order valence-corrected chi connectivity index (χ3v) is 5.78. The highest BCUT2D eigenvalue weighted by molar-refractivity contribution is 7.92. The smallest absolute Gasteiger partial charge is 0.247 e. The minimum absolute atomic E-state index is 0.120. The zero-order valence-electron chi connectivity index (χ0n) is 13.4. The highest BCUT2D eigenvalue weighted by atomic mass is 35.5. The molecule has 1 amide bonds. The maximum Gasteiger partial charge on any atom is 0.247 e. The van der Waals surface area contributed by atoms with Gasteiger partial charge in [-0.2, -0.15) is 0 Å². The fourth-order valence-electron chi connectivity index (χ4n) is 2.89. The Labute approximate surface area is 156 Å². The van der Waals surface area contributed by atoms with Crippen LogP contribution in [0, 0.1) is 0 Å². The van der Waals surface area contributed by atoms with E-state index in [-0.39, 0.29) is 28.2 Å². The summed E-state index contributed by atoms with van der Waals surface area (Å²) in [6, 6.07) is 12.3. The zero-order chi connectivity index (χ0) is 18.2. The molecule has 2 aromatic rings. The van der Waals surface area contributed by atoms with Crippen LogP contribution in [0.3, 0.4) is 0 Å². The molecular weight excluding hydrogens is 383 g/mol. The van der Waals surface area contributed by atoms with Crippen LogP contribution < -0.4 is 9.21 Å². The fourth-order valence-corrected chi connectivity index (χ4v) is 4.47. The molecule has 0 fully saturated rings. The maximum atomic E-state index is 12.8. The Kier molecular flexibility index (Phi) is 4.95. The summed E-state index contributed by atoms with van der Waals surface area (Å²) in [6.07, 6.45) is 1.77. The van der Waals surface area contributed by atoms with Gasteiger partial charge in [0.1, 0.15) is 6.54 Å². The van der Waals surface area contributed by atoms with Crippen molar-refractivity contribution in [2.24, 2.45) is 0 Å². The lowest BCUT2D eigenvalue weighted by Gasteiger charge is -2.26. The van der Waals surface area contributed by atoms with Gasteiger partial charge in [-0.3, -0.25) is 9.10 Å². The van der Waals surface area contributed by atoms with Crippen LogP contribution in [0.2, 0.25) is 10.0 Å². The average Bonchev–Trinajstić information content (AvgIpc) is 2.96. The van der Waals surface area contributed by atoms with Crippen LogP contribution in [0.15, 0.2) is 42.5 Å². The largest absolute Gasteiger partial charge is 0.310 e. The number of fused-ring (bicyclic) bond motifs is 1. The van der Waals surface area contributed by atoms with Crippen molar-refractivity contribution in [3.05, 3.63) is 58.1 Å². The molecule has 1 aliphatic rings.